The first-order valence-electron chi connectivity index (χ1n) is 4.92. The topological polar surface area (TPSA) is 48.4 Å². The van der Waals surface area contributed by atoms with E-state index < -0.39 is 0 Å². The first kappa shape index (κ1) is 10.7. The SMILES string of the molecule is NCc1cc(COc2cccc(F)c2)co1. The molecule has 0 saturated carbocycles. The zero-order valence-electron chi connectivity index (χ0n) is 8.65. The number of hydrogen-bond acceptors (Lipinski definition) is 3. The van der Waals surface area contributed by atoms with Gasteiger partial charge in [-0.25, -0.2) is 4.39 Å². The van der Waals surface area contributed by atoms with E-state index in [-0.39, 0.29) is 5.82 Å². The second-order valence-corrected chi connectivity index (χ2v) is 3.37. The molecule has 1 aromatic heterocycles. The van der Waals surface area contributed by atoms with Gasteiger partial charge in [-0.3, -0.25) is 0 Å². The summed E-state index contributed by atoms with van der Waals surface area (Å²) in [4.78, 5) is 0. The van der Waals surface area contributed by atoms with E-state index in [4.69, 9.17) is 14.9 Å². The molecule has 0 radical (unpaired) electrons. The van der Waals surface area contributed by atoms with Crippen LogP contribution in [0.3, 0.4) is 0 Å². The summed E-state index contributed by atoms with van der Waals surface area (Å²) in [5.41, 5.74) is 6.29. The molecule has 0 saturated heterocycles. The molecule has 2 aromatic rings. The average molecular weight is 221 g/mol. The Hall–Kier alpha value is -1.81. The summed E-state index contributed by atoms with van der Waals surface area (Å²) in [7, 11) is 0. The Labute approximate surface area is 92.6 Å². The molecule has 0 amide bonds. The minimum Gasteiger partial charge on any atom is -0.489 e. The molecule has 0 spiro atoms. The predicted octanol–water partition coefficient (Wildman–Crippen LogP) is 2.46. The van der Waals surface area contributed by atoms with Gasteiger partial charge in [0, 0.05) is 11.6 Å². The first-order valence-corrected chi connectivity index (χ1v) is 4.92. The lowest BCUT2D eigenvalue weighted by Gasteiger charge is -2.03. The molecule has 0 aliphatic heterocycles. The summed E-state index contributed by atoms with van der Waals surface area (Å²) in [5.74, 6) is 0.890. The highest BCUT2D eigenvalue weighted by atomic mass is 19.1. The number of furan rings is 1. The van der Waals surface area contributed by atoms with Crippen molar-refractivity contribution >= 4 is 0 Å². The van der Waals surface area contributed by atoms with E-state index in [9.17, 15) is 4.39 Å². The minimum atomic E-state index is -0.313. The van der Waals surface area contributed by atoms with Gasteiger partial charge in [-0.05, 0) is 18.2 Å². The maximum atomic E-state index is 12.8. The summed E-state index contributed by atoms with van der Waals surface area (Å²) >= 11 is 0. The van der Waals surface area contributed by atoms with Crippen LogP contribution in [-0.2, 0) is 13.2 Å². The Morgan fingerprint density at radius 1 is 1.31 bits per heavy atom. The Bertz CT molecular complexity index is 468. The summed E-state index contributed by atoms with van der Waals surface area (Å²) in [6.07, 6.45) is 1.58. The van der Waals surface area contributed by atoms with E-state index in [0.717, 1.165) is 5.56 Å². The zero-order valence-corrected chi connectivity index (χ0v) is 8.65. The van der Waals surface area contributed by atoms with Gasteiger partial charge in [-0.2, -0.15) is 0 Å². The standard InChI is InChI=1S/C12H12FNO2/c13-10-2-1-3-11(5-10)15-7-9-4-12(6-14)16-8-9/h1-5,8H,6-7,14H2. The van der Waals surface area contributed by atoms with Gasteiger partial charge in [0.2, 0.25) is 0 Å². The molecule has 0 aliphatic rings. The number of halogens is 1. The van der Waals surface area contributed by atoms with Crippen molar-refractivity contribution in [3.8, 4) is 5.75 Å². The lowest BCUT2D eigenvalue weighted by Crippen LogP contribution is -1.95. The van der Waals surface area contributed by atoms with E-state index in [1.807, 2.05) is 6.07 Å². The number of ether oxygens (including phenoxy) is 1. The lowest BCUT2D eigenvalue weighted by atomic mass is 10.3. The van der Waals surface area contributed by atoms with Crippen molar-refractivity contribution in [2.45, 2.75) is 13.2 Å². The minimum absolute atomic E-state index is 0.313. The molecule has 1 heterocycles. The third-order valence-electron chi connectivity index (χ3n) is 2.11. The van der Waals surface area contributed by atoms with E-state index in [0.29, 0.717) is 24.7 Å². The molecule has 0 aliphatic carbocycles. The van der Waals surface area contributed by atoms with E-state index in [1.165, 1.54) is 12.1 Å². The van der Waals surface area contributed by atoms with Crippen LogP contribution < -0.4 is 10.5 Å². The first-order chi connectivity index (χ1) is 7.78. The highest BCUT2D eigenvalue weighted by molar-refractivity contribution is 5.23. The molecule has 0 fully saturated rings. The quantitative estimate of drug-likeness (QED) is 0.862. The van der Waals surface area contributed by atoms with Crippen LogP contribution in [0.5, 0.6) is 5.75 Å². The van der Waals surface area contributed by atoms with Crippen molar-refractivity contribution < 1.29 is 13.5 Å². The molecule has 1 aromatic carbocycles. The fourth-order valence-corrected chi connectivity index (χ4v) is 1.33. The summed E-state index contributed by atoms with van der Waals surface area (Å²) in [6.45, 7) is 0.701. The number of rotatable bonds is 4. The van der Waals surface area contributed by atoms with Gasteiger partial charge in [-0.15, -0.1) is 0 Å². The van der Waals surface area contributed by atoms with Crippen LogP contribution in [0.25, 0.3) is 0 Å². The summed E-state index contributed by atoms with van der Waals surface area (Å²) in [6, 6.07) is 7.83. The maximum absolute atomic E-state index is 12.8. The van der Waals surface area contributed by atoms with Gasteiger partial charge in [-0.1, -0.05) is 6.07 Å². The number of nitrogens with two attached hydrogens (primary N) is 1. The van der Waals surface area contributed by atoms with Gasteiger partial charge in [0.15, 0.2) is 0 Å². The molecular weight excluding hydrogens is 209 g/mol. The molecule has 0 atom stereocenters. The molecule has 16 heavy (non-hydrogen) atoms. The Balaban J connectivity index is 1.96. The van der Waals surface area contributed by atoms with Crippen LogP contribution in [0.2, 0.25) is 0 Å². The van der Waals surface area contributed by atoms with Gasteiger partial charge in [0.1, 0.15) is 23.9 Å². The third kappa shape index (κ3) is 2.61. The second-order valence-electron chi connectivity index (χ2n) is 3.37. The van der Waals surface area contributed by atoms with Gasteiger partial charge >= 0.3 is 0 Å². The Morgan fingerprint density at radius 3 is 2.88 bits per heavy atom. The van der Waals surface area contributed by atoms with E-state index >= 15 is 0 Å². The van der Waals surface area contributed by atoms with Gasteiger partial charge in [0.05, 0.1) is 12.8 Å². The van der Waals surface area contributed by atoms with Crippen molar-refractivity contribution in [2.24, 2.45) is 5.73 Å². The third-order valence-corrected chi connectivity index (χ3v) is 2.11. The highest BCUT2D eigenvalue weighted by Gasteiger charge is 2.01. The fourth-order valence-electron chi connectivity index (χ4n) is 1.33. The van der Waals surface area contributed by atoms with Crippen LogP contribution in [0.1, 0.15) is 11.3 Å². The Kier molecular flexibility index (Phi) is 3.22. The Morgan fingerprint density at radius 2 is 2.19 bits per heavy atom. The summed E-state index contributed by atoms with van der Waals surface area (Å²) < 4.78 is 23.4. The van der Waals surface area contributed by atoms with Crippen LogP contribution >= 0.6 is 0 Å². The zero-order chi connectivity index (χ0) is 11.4. The largest absolute Gasteiger partial charge is 0.489 e. The molecule has 4 heteroatoms. The van der Waals surface area contributed by atoms with Crippen LogP contribution in [0.4, 0.5) is 4.39 Å². The molecule has 84 valence electrons. The molecule has 2 rings (SSSR count). The molecular formula is C12H12FNO2. The molecule has 3 nitrogen and oxygen atoms in total. The van der Waals surface area contributed by atoms with Crippen molar-refractivity contribution in [2.75, 3.05) is 0 Å². The fraction of sp³-hybridized carbons (Fsp3) is 0.167. The van der Waals surface area contributed by atoms with Crippen molar-refractivity contribution in [3.63, 3.8) is 0 Å². The van der Waals surface area contributed by atoms with Crippen LogP contribution in [0, 0.1) is 5.82 Å². The smallest absolute Gasteiger partial charge is 0.126 e. The number of hydrogen-bond donors (Lipinski definition) is 1. The van der Waals surface area contributed by atoms with Crippen molar-refractivity contribution in [1.29, 1.82) is 0 Å². The molecule has 0 bridgehead atoms. The van der Waals surface area contributed by atoms with E-state index in [1.54, 1.807) is 18.4 Å². The predicted molar refractivity (Wildman–Crippen MR) is 57.3 cm³/mol. The normalized spacial score (nSPS) is 10.4. The van der Waals surface area contributed by atoms with Crippen molar-refractivity contribution in [1.82, 2.24) is 0 Å². The van der Waals surface area contributed by atoms with Crippen molar-refractivity contribution in [3.05, 3.63) is 53.7 Å². The van der Waals surface area contributed by atoms with Gasteiger partial charge < -0.3 is 14.9 Å². The second kappa shape index (κ2) is 4.81. The van der Waals surface area contributed by atoms with E-state index in [2.05, 4.69) is 0 Å². The number of benzene rings is 1. The molecule has 2 N–H and O–H groups in total. The average Bonchev–Trinajstić information content (AvgIpc) is 2.74. The van der Waals surface area contributed by atoms with Crippen LogP contribution in [0.15, 0.2) is 41.0 Å². The lowest BCUT2D eigenvalue weighted by molar-refractivity contribution is 0.303. The monoisotopic (exact) mass is 221 g/mol. The maximum Gasteiger partial charge on any atom is 0.126 e. The summed E-state index contributed by atoms with van der Waals surface area (Å²) in [5, 5.41) is 0. The van der Waals surface area contributed by atoms with Crippen LogP contribution in [-0.4, -0.2) is 0 Å². The highest BCUT2D eigenvalue weighted by Crippen LogP contribution is 2.15. The van der Waals surface area contributed by atoms with Gasteiger partial charge in [0.25, 0.3) is 0 Å². The molecule has 0 unspecified atom stereocenters.